The zero-order valence-corrected chi connectivity index (χ0v) is 18.5. The number of hydrogen-bond donors (Lipinski definition) is 1. The van der Waals surface area contributed by atoms with Crippen molar-refractivity contribution < 1.29 is 14.3 Å². The molecule has 2 aromatic carbocycles. The van der Waals surface area contributed by atoms with Gasteiger partial charge in [0.05, 0.1) is 12.6 Å². The lowest BCUT2D eigenvalue weighted by Gasteiger charge is -2.05. The number of methoxy groups -OCH3 is 1. The maximum Gasteiger partial charge on any atom is 0.272 e. The van der Waals surface area contributed by atoms with Crippen molar-refractivity contribution in [2.24, 2.45) is 0 Å². The first kappa shape index (κ1) is 21.3. The van der Waals surface area contributed by atoms with E-state index < -0.39 is 0 Å². The van der Waals surface area contributed by atoms with Crippen molar-refractivity contribution in [3.8, 4) is 5.75 Å². The molecule has 0 saturated carbocycles. The highest BCUT2D eigenvalue weighted by Crippen LogP contribution is 2.20. The molecule has 9 nitrogen and oxygen atoms in total. The number of hydrogen-bond acceptors (Lipinski definition) is 6. The molecule has 5 aromatic rings. The van der Waals surface area contributed by atoms with Gasteiger partial charge in [0.2, 0.25) is 0 Å². The van der Waals surface area contributed by atoms with Crippen LogP contribution in [0.15, 0.2) is 72.9 Å². The molecule has 3 aromatic heterocycles. The van der Waals surface area contributed by atoms with E-state index >= 15 is 0 Å². The number of Topliss-reactive ketones (excluding diaryl/α,β-unsaturated/α-hetero) is 1. The van der Waals surface area contributed by atoms with Crippen LogP contribution < -0.4 is 10.1 Å². The van der Waals surface area contributed by atoms with Crippen molar-refractivity contribution >= 4 is 28.2 Å². The molecule has 34 heavy (non-hydrogen) atoms. The third kappa shape index (κ3) is 4.11. The van der Waals surface area contributed by atoms with Gasteiger partial charge in [-0.05, 0) is 42.5 Å². The van der Waals surface area contributed by atoms with E-state index in [1.807, 2.05) is 53.1 Å². The van der Waals surface area contributed by atoms with E-state index in [4.69, 9.17) is 4.74 Å². The first-order chi connectivity index (χ1) is 16.6. The van der Waals surface area contributed by atoms with Gasteiger partial charge in [-0.2, -0.15) is 5.10 Å². The van der Waals surface area contributed by atoms with Gasteiger partial charge >= 0.3 is 0 Å². The van der Waals surface area contributed by atoms with Crippen molar-refractivity contribution in [3.05, 3.63) is 90.0 Å². The molecule has 0 atom stereocenters. The second-order valence-corrected chi connectivity index (χ2v) is 7.73. The molecular weight excluding hydrogens is 432 g/mol. The third-order valence-electron chi connectivity index (χ3n) is 5.60. The Hall–Kier alpha value is -4.53. The highest BCUT2D eigenvalue weighted by Gasteiger charge is 2.19. The zero-order valence-electron chi connectivity index (χ0n) is 18.5. The molecule has 1 N–H and O–H groups in total. The maximum atomic E-state index is 13.0. The van der Waals surface area contributed by atoms with Gasteiger partial charge in [0.1, 0.15) is 18.1 Å². The molecule has 0 aliphatic rings. The first-order valence-electron chi connectivity index (χ1n) is 10.8. The number of ether oxygens (including phenoxy) is 1. The van der Waals surface area contributed by atoms with Crippen LogP contribution in [0, 0.1) is 0 Å². The van der Waals surface area contributed by atoms with Crippen LogP contribution in [0.4, 0.5) is 0 Å². The Labute approximate surface area is 195 Å². The van der Waals surface area contributed by atoms with Crippen molar-refractivity contribution in [2.45, 2.75) is 13.0 Å². The number of rotatable bonds is 8. The zero-order chi connectivity index (χ0) is 23.5. The number of amides is 1. The van der Waals surface area contributed by atoms with Crippen LogP contribution in [0.1, 0.15) is 26.7 Å². The summed E-state index contributed by atoms with van der Waals surface area (Å²) in [7, 11) is 1.58. The largest absolute Gasteiger partial charge is 0.497 e. The van der Waals surface area contributed by atoms with E-state index in [9.17, 15) is 9.59 Å². The Balaban J connectivity index is 1.32. The van der Waals surface area contributed by atoms with E-state index in [1.165, 1.54) is 0 Å². The molecule has 170 valence electrons. The Kier molecular flexibility index (Phi) is 5.73. The maximum absolute atomic E-state index is 13.0. The molecule has 5 rings (SSSR count). The number of nitrogens with zero attached hydrogens (tertiary/aromatic N) is 5. The van der Waals surface area contributed by atoms with Crippen LogP contribution in [0.5, 0.6) is 5.75 Å². The molecule has 0 unspecified atom stereocenters. The summed E-state index contributed by atoms with van der Waals surface area (Å²) in [5, 5.41) is 16.4. The lowest BCUT2D eigenvalue weighted by atomic mass is 10.1. The summed E-state index contributed by atoms with van der Waals surface area (Å²) in [4.78, 5) is 25.8. The first-order valence-corrected chi connectivity index (χ1v) is 10.8. The third-order valence-corrected chi connectivity index (χ3v) is 5.60. The lowest BCUT2D eigenvalue weighted by molar-refractivity contribution is 0.0938. The van der Waals surface area contributed by atoms with Crippen molar-refractivity contribution in [1.29, 1.82) is 0 Å². The predicted molar refractivity (Wildman–Crippen MR) is 126 cm³/mol. The van der Waals surface area contributed by atoms with Crippen molar-refractivity contribution in [2.75, 3.05) is 13.7 Å². The standard InChI is InChI=1S/C25H22N6O3/c1-34-18-11-9-17(10-12-18)21(32)16-31-20-7-3-2-6-19(20)24(29-31)25(33)26-14-13-23-28-27-22-8-4-5-15-30(22)23/h2-12,15H,13-14,16H2,1H3,(H,26,33). The topological polar surface area (TPSA) is 103 Å². The van der Waals surface area contributed by atoms with Gasteiger partial charge in [-0.15, -0.1) is 10.2 Å². The van der Waals surface area contributed by atoms with E-state index in [0.29, 0.717) is 29.7 Å². The Morgan fingerprint density at radius 3 is 2.59 bits per heavy atom. The summed E-state index contributed by atoms with van der Waals surface area (Å²) >= 11 is 0. The van der Waals surface area contributed by atoms with Crippen LogP contribution in [0.2, 0.25) is 0 Å². The van der Waals surface area contributed by atoms with Gasteiger partial charge in [0, 0.05) is 30.1 Å². The molecule has 0 spiro atoms. The summed E-state index contributed by atoms with van der Waals surface area (Å²) in [6, 6.07) is 20.0. The number of pyridine rings is 1. The monoisotopic (exact) mass is 454 g/mol. The van der Waals surface area contributed by atoms with E-state index in [2.05, 4.69) is 20.6 Å². The molecule has 0 aliphatic carbocycles. The second kappa shape index (κ2) is 9.14. The summed E-state index contributed by atoms with van der Waals surface area (Å²) in [5.74, 6) is 1.03. The minimum absolute atomic E-state index is 0.0197. The number of ketones is 1. The van der Waals surface area contributed by atoms with Crippen LogP contribution in [-0.2, 0) is 13.0 Å². The van der Waals surface area contributed by atoms with Gasteiger partial charge < -0.3 is 10.1 Å². The average molecular weight is 454 g/mol. The van der Waals surface area contributed by atoms with Crippen LogP contribution in [-0.4, -0.2) is 49.7 Å². The van der Waals surface area contributed by atoms with Gasteiger partial charge in [0.15, 0.2) is 17.1 Å². The highest BCUT2D eigenvalue weighted by molar-refractivity contribution is 6.05. The van der Waals surface area contributed by atoms with Crippen molar-refractivity contribution in [1.82, 2.24) is 29.7 Å². The number of carbonyl (C=O) groups is 2. The van der Waals surface area contributed by atoms with Crippen LogP contribution in [0.3, 0.4) is 0 Å². The van der Waals surface area contributed by atoms with E-state index in [1.54, 1.807) is 36.1 Å². The van der Waals surface area contributed by atoms with Crippen LogP contribution in [0.25, 0.3) is 16.6 Å². The SMILES string of the molecule is COc1ccc(C(=O)Cn2nc(C(=O)NCCc3nnc4ccccn34)c3ccccc32)cc1. The molecule has 0 fully saturated rings. The van der Waals surface area contributed by atoms with Gasteiger partial charge in [0.25, 0.3) is 5.91 Å². The number of para-hydroxylation sites is 1. The molecule has 0 aliphatic heterocycles. The molecule has 0 bridgehead atoms. The minimum atomic E-state index is -0.305. The fourth-order valence-corrected chi connectivity index (χ4v) is 3.85. The normalized spacial score (nSPS) is 11.1. The fraction of sp³-hybridized carbons (Fsp3) is 0.160. The molecule has 3 heterocycles. The molecule has 9 heteroatoms. The predicted octanol–water partition coefficient (Wildman–Crippen LogP) is 2.94. The number of aromatic nitrogens is 5. The molecule has 0 saturated heterocycles. The van der Waals surface area contributed by atoms with Gasteiger partial charge in [-0.25, -0.2) is 0 Å². The Morgan fingerprint density at radius 1 is 0.971 bits per heavy atom. The van der Waals surface area contributed by atoms with Crippen molar-refractivity contribution in [3.63, 3.8) is 0 Å². The second-order valence-electron chi connectivity index (χ2n) is 7.73. The molecular formula is C25H22N6O3. The summed E-state index contributed by atoms with van der Waals surface area (Å²) in [6.45, 7) is 0.395. The van der Waals surface area contributed by atoms with Crippen LogP contribution >= 0.6 is 0 Å². The summed E-state index contributed by atoms with van der Waals surface area (Å²) in [6.07, 6.45) is 2.41. The highest BCUT2D eigenvalue weighted by atomic mass is 16.5. The minimum Gasteiger partial charge on any atom is -0.497 e. The quantitative estimate of drug-likeness (QED) is 0.362. The van der Waals surface area contributed by atoms with Gasteiger partial charge in [-0.3, -0.25) is 18.7 Å². The Morgan fingerprint density at radius 2 is 1.76 bits per heavy atom. The fourth-order valence-electron chi connectivity index (χ4n) is 3.85. The number of nitrogens with one attached hydrogen (secondary N) is 1. The van der Waals surface area contributed by atoms with E-state index in [-0.39, 0.29) is 23.9 Å². The summed E-state index contributed by atoms with van der Waals surface area (Å²) < 4.78 is 8.61. The Bertz CT molecular complexity index is 1490. The average Bonchev–Trinajstić information content (AvgIpc) is 3.46. The number of carbonyl (C=O) groups excluding carboxylic acids is 2. The smallest absolute Gasteiger partial charge is 0.272 e. The number of fused-ring (bicyclic) bond motifs is 2. The number of benzene rings is 2. The molecule has 0 radical (unpaired) electrons. The molecule has 1 amide bonds. The van der Waals surface area contributed by atoms with E-state index in [0.717, 1.165) is 17.0 Å². The van der Waals surface area contributed by atoms with Gasteiger partial charge in [-0.1, -0.05) is 24.3 Å². The summed E-state index contributed by atoms with van der Waals surface area (Å²) in [5.41, 5.74) is 2.31. The lowest BCUT2D eigenvalue weighted by Crippen LogP contribution is -2.27.